The maximum atomic E-state index is 12.6. The molecule has 0 bridgehead atoms. The van der Waals surface area contributed by atoms with Crippen molar-refractivity contribution in [3.63, 3.8) is 0 Å². The van der Waals surface area contributed by atoms with E-state index in [1.54, 1.807) is 0 Å². The van der Waals surface area contributed by atoms with Crippen molar-refractivity contribution in [2.24, 2.45) is 21.4 Å². The molecule has 0 N–H and O–H groups in total. The number of nitrogens with zero attached hydrogens (tertiary/aromatic N) is 3. The Morgan fingerprint density at radius 2 is 1.02 bits per heavy atom. The van der Waals surface area contributed by atoms with Crippen molar-refractivity contribution in [3.8, 4) is 12.3 Å². The second-order valence-electron chi connectivity index (χ2n) is 15.1. The Balaban J connectivity index is 1.92. The van der Waals surface area contributed by atoms with Gasteiger partial charge in [-0.2, -0.15) is 0 Å². The van der Waals surface area contributed by atoms with Crippen LogP contribution < -0.4 is 0 Å². The van der Waals surface area contributed by atoms with Gasteiger partial charge in [0.25, 0.3) is 0 Å². The molecule has 0 aliphatic heterocycles. The van der Waals surface area contributed by atoms with Crippen molar-refractivity contribution in [1.29, 1.82) is 0 Å². The van der Waals surface area contributed by atoms with Crippen LogP contribution in [0.25, 0.3) is 10.4 Å². The van der Waals surface area contributed by atoms with Crippen LogP contribution in [0.3, 0.4) is 0 Å². The van der Waals surface area contributed by atoms with Crippen molar-refractivity contribution in [2.75, 3.05) is 30.8 Å². The molecule has 282 valence electrons. The summed E-state index contributed by atoms with van der Waals surface area (Å²) < 4.78 is 17.7. The van der Waals surface area contributed by atoms with Crippen LogP contribution in [-0.4, -0.2) is 48.7 Å². The molecule has 3 aliphatic carbocycles. The van der Waals surface area contributed by atoms with Gasteiger partial charge in [0, 0.05) is 27.7 Å². The fourth-order valence-corrected chi connectivity index (χ4v) is 8.83. The van der Waals surface area contributed by atoms with Gasteiger partial charge in [0.05, 0.1) is 10.8 Å². The van der Waals surface area contributed by atoms with Crippen LogP contribution in [0.15, 0.2) is 72.0 Å². The number of rotatable bonds is 17. The van der Waals surface area contributed by atoms with Crippen LogP contribution in [0.5, 0.6) is 0 Å². The molecular formula is C42H56IN3O6. The summed E-state index contributed by atoms with van der Waals surface area (Å²) in [7, 11) is 0. The summed E-state index contributed by atoms with van der Waals surface area (Å²) in [5.74, 6) is 1.35. The first-order valence-electron chi connectivity index (χ1n) is 18.0. The number of azide groups is 1. The molecule has 0 saturated carbocycles. The van der Waals surface area contributed by atoms with Crippen molar-refractivity contribution in [2.45, 2.75) is 115 Å². The van der Waals surface area contributed by atoms with Crippen LogP contribution in [0.4, 0.5) is 0 Å². The highest BCUT2D eigenvalue weighted by atomic mass is 127. The standard InChI is InChI=1S/C42H56IN3O6/c1-13-14-37(47)50-22-40(10)31(8)25(2)27(4)33(40)15-17-35-29(6)30(7)36(42(35,12)24-52-39(49)21-43)18-16-34-28(5)26(3)32(9)41(34,11)23-51-38(48)19-20-45-46-44/h1H,14-24H2,2-12H3. The summed E-state index contributed by atoms with van der Waals surface area (Å²) in [5, 5.41) is 3.47. The number of hydrogen-bond acceptors (Lipinski definition) is 7. The Morgan fingerprint density at radius 3 is 1.42 bits per heavy atom. The van der Waals surface area contributed by atoms with Crippen molar-refractivity contribution >= 4 is 40.5 Å². The van der Waals surface area contributed by atoms with Gasteiger partial charge in [0.1, 0.15) is 26.2 Å². The predicted octanol–water partition coefficient (Wildman–Crippen LogP) is 10.3. The summed E-state index contributed by atoms with van der Waals surface area (Å²) in [6.07, 6.45) is 8.38. The van der Waals surface area contributed by atoms with Gasteiger partial charge < -0.3 is 14.2 Å². The van der Waals surface area contributed by atoms with Gasteiger partial charge in [-0.15, -0.1) is 6.42 Å². The molecule has 9 nitrogen and oxygen atoms in total. The summed E-state index contributed by atoms with van der Waals surface area (Å²) >= 11 is 2.04. The van der Waals surface area contributed by atoms with E-state index in [4.69, 9.17) is 26.2 Å². The Morgan fingerprint density at radius 1 is 0.654 bits per heavy atom. The van der Waals surface area contributed by atoms with Gasteiger partial charge >= 0.3 is 17.9 Å². The lowest BCUT2D eigenvalue weighted by molar-refractivity contribution is -0.146. The molecule has 10 heteroatoms. The molecule has 3 unspecified atom stereocenters. The first-order valence-corrected chi connectivity index (χ1v) is 19.5. The molecule has 0 saturated heterocycles. The average molecular weight is 826 g/mol. The van der Waals surface area contributed by atoms with E-state index in [0.717, 1.165) is 25.7 Å². The number of allylic oxidation sites excluding steroid dienone is 6. The molecule has 0 aromatic rings. The fraction of sp³-hybridized carbons (Fsp3) is 0.595. The molecular weight excluding hydrogens is 769 g/mol. The minimum absolute atomic E-state index is 0.0374. The number of hydrogen-bond donors (Lipinski definition) is 0. The van der Waals surface area contributed by atoms with Gasteiger partial charge in [-0.1, -0.05) is 67.1 Å². The summed E-state index contributed by atoms with van der Waals surface area (Å²) in [4.78, 5) is 40.2. The van der Waals surface area contributed by atoms with Crippen LogP contribution >= 0.6 is 22.6 Å². The maximum absolute atomic E-state index is 12.6. The second kappa shape index (κ2) is 17.5. The van der Waals surface area contributed by atoms with Crippen molar-refractivity contribution in [1.82, 2.24) is 0 Å². The summed E-state index contributed by atoms with van der Waals surface area (Å²) in [6, 6.07) is 0. The number of carbonyl (C=O) groups is 3. The largest absolute Gasteiger partial charge is 0.464 e. The van der Waals surface area contributed by atoms with Crippen molar-refractivity contribution < 1.29 is 28.6 Å². The van der Waals surface area contributed by atoms with Gasteiger partial charge in [-0.25, -0.2) is 0 Å². The summed E-state index contributed by atoms with van der Waals surface area (Å²) in [6.45, 7) is 24.4. The third-order valence-corrected chi connectivity index (χ3v) is 13.2. The minimum atomic E-state index is -0.509. The Labute approximate surface area is 324 Å². The lowest BCUT2D eigenvalue weighted by Gasteiger charge is -2.35. The maximum Gasteiger partial charge on any atom is 0.317 e. The molecule has 3 aliphatic rings. The number of halogens is 1. The highest BCUT2D eigenvalue weighted by Crippen LogP contribution is 2.56. The zero-order valence-corrected chi connectivity index (χ0v) is 35.2. The highest BCUT2D eigenvalue weighted by molar-refractivity contribution is 14.1. The molecule has 0 aromatic carbocycles. The Bertz CT molecular complexity index is 1800. The molecule has 0 amide bonds. The summed E-state index contributed by atoms with van der Waals surface area (Å²) in [5.41, 5.74) is 21.9. The van der Waals surface area contributed by atoms with Gasteiger partial charge in [0.15, 0.2) is 0 Å². The lowest BCUT2D eigenvalue weighted by Crippen LogP contribution is -2.31. The molecule has 0 spiro atoms. The normalized spacial score (nSPS) is 24.6. The van der Waals surface area contributed by atoms with E-state index in [0.29, 0.717) is 0 Å². The molecule has 0 fully saturated rings. The zero-order chi connectivity index (χ0) is 39.2. The van der Waals surface area contributed by atoms with E-state index in [2.05, 4.69) is 92.1 Å². The number of alkyl halides is 1. The molecule has 0 aromatic heterocycles. The van der Waals surface area contributed by atoms with Crippen LogP contribution in [0.2, 0.25) is 0 Å². The number of carbonyl (C=O) groups excluding carboxylic acids is 3. The second-order valence-corrected chi connectivity index (χ2v) is 15.9. The monoisotopic (exact) mass is 825 g/mol. The topological polar surface area (TPSA) is 128 Å². The first kappa shape index (κ1) is 42.9. The first-order chi connectivity index (χ1) is 24.3. The lowest BCUT2D eigenvalue weighted by atomic mass is 9.71. The minimum Gasteiger partial charge on any atom is -0.464 e. The number of ether oxygens (including phenoxy) is 3. The molecule has 0 heterocycles. The third kappa shape index (κ3) is 8.47. The highest BCUT2D eigenvalue weighted by Gasteiger charge is 2.45. The van der Waals surface area contributed by atoms with Crippen LogP contribution in [0, 0.1) is 28.6 Å². The SMILES string of the molecule is C#CCC(=O)OCC1(C)C(C)=C(C)C(C)=C1CCC1=C(C)C(C)=C(CCC2=C(C)C(C)=C(C)C2(C)COC(=O)CCN=[N+]=[N-])C1(C)COC(=O)CI. The average Bonchev–Trinajstić information content (AvgIpc) is 3.47. The van der Waals surface area contributed by atoms with E-state index < -0.39 is 22.2 Å². The number of terminal acetylenes is 1. The van der Waals surface area contributed by atoms with Crippen molar-refractivity contribution in [3.05, 3.63) is 77.3 Å². The zero-order valence-electron chi connectivity index (χ0n) is 33.0. The van der Waals surface area contributed by atoms with Gasteiger partial charge in [-0.05, 0) is 141 Å². The van der Waals surface area contributed by atoms with E-state index in [9.17, 15) is 14.4 Å². The fourth-order valence-electron chi connectivity index (χ4n) is 8.61. The van der Waals surface area contributed by atoms with Gasteiger partial charge in [0.2, 0.25) is 0 Å². The predicted molar refractivity (Wildman–Crippen MR) is 214 cm³/mol. The third-order valence-electron chi connectivity index (χ3n) is 12.6. The van der Waals surface area contributed by atoms with Crippen LogP contribution in [-0.2, 0) is 28.6 Å². The Kier molecular flexibility index (Phi) is 14.4. The molecule has 0 radical (unpaired) electrons. The van der Waals surface area contributed by atoms with E-state index in [-0.39, 0.29) is 55.6 Å². The van der Waals surface area contributed by atoms with Gasteiger partial charge in [-0.3, -0.25) is 14.4 Å². The van der Waals surface area contributed by atoms with E-state index in [1.807, 2.05) is 22.6 Å². The number of esters is 3. The molecule has 3 rings (SSSR count). The molecule has 52 heavy (non-hydrogen) atoms. The van der Waals surface area contributed by atoms with E-state index in [1.165, 1.54) is 66.9 Å². The molecule has 3 atom stereocenters. The Hall–Kier alpha value is -3.55. The van der Waals surface area contributed by atoms with Crippen LogP contribution in [0.1, 0.15) is 115 Å². The quantitative estimate of drug-likeness (QED) is 0.0210. The van der Waals surface area contributed by atoms with E-state index >= 15 is 0 Å². The smallest absolute Gasteiger partial charge is 0.317 e.